The second-order valence-corrected chi connectivity index (χ2v) is 5.85. The monoisotopic (exact) mass is 289 g/mol. The van der Waals surface area contributed by atoms with Crippen LogP contribution in [0.2, 0.25) is 5.02 Å². The van der Waals surface area contributed by atoms with Crippen molar-refractivity contribution in [2.24, 2.45) is 0 Å². The van der Waals surface area contributed by atoms with Crippen molar-refractivity contribution in [2.45, 2.75) is 31.7 Å². The number of nitrogens with one attached hydrogen (secondary N) is 1. The van der Waals surface area contributed by atoms with E-state index < -0.39 is 0 Å². The number of rotatable bonds is 2. The number of fused-ring (bicyclic) bond motifs is 2. The first-order valence-electron chi connectivity index (χ1n) is 7.12. The molecule has 4 rings (SSSR count). The van der Waals surface area contributed by atoms with Gasteiger partial charge < -0.3 is 14.2 Å². The third-order valence-electron chi connectivity index (χ3n) is 4.23. The fourth-order valence-electron chi connectivity index (χ4n) is 3.22. The van der Waals surface area contributed by atoms with Crippen LogP contribution in [0.1, 0.15) is 24.8 Å². The zero-order valence-electron chi connectivity index (χ0n) is 11.1. The molecule has 3 heterocycles. The molecule has 3 aromatic rings. The number of hydrogen-bond acceptors (Lipinski definition) is 3. The van der Waals surface area contributed by atoms with Crippen LogP contribution in [0.25, 0.3) is 21.9 Å². The van der Waals surface area contributed by atoms with Crippen molar-refractivity contribution in [1.29, 1.82) is 0 Å². The van der Waals surface area contributed by atoms with E-state index >= 15 is 0 Å². The van der Waals surface area contributed by atoms with Gasteiger partial charge in [-0.15, -0.1) is 0 Å². The van der Waals surface area contributed by atoms with Crippen molar-refractivity contribution in [1.82, 2.24) is 5.32 Å². The van der Waals surface area contributed by atoms with Gasteiger partial charge in [0.1, 0.15) is 5.58 Å². The smallest absolute Gasteiger partial charge is 0.153 e. The maximum Gasteiger partial charge on any atom is 0.153 e. The molecule has 0 radical (unpaired) electrons. The molecule has 0 saturated carbocycles. The third kappa shape index (κ3) is 1.85. The predicted molar refractivity (Wildman–Crippen MR) is 80.3 cm³/mol. The van der Waals surface area contributed by atoms with Gasteiger partial charge in [0.2, 0.25) is 0 Å². The molecule has 1 saturated heterocycles. The maximum atomic E-state index is 6.40. The Kier molecular flexibility index (Phi) is 2.97. The molecular formula is C16H16ClNO2. The van der Waals surface area contributed by atoms with Crippen LogP contribution < -0.4 is 5.32 Å². The average Bonchev–Trinajstić information content (AvgIpc) is 3.14. The molecule has 1 aromatic carbocycles. The van der Waals surface area contributed by atoms with Crippen molar-refractivity contribution in [3.8, 4) is 0 Å². The first-order valence-corrected chi connectivity index (χ1v) is 7.50. The van der Waals surface area contributed by atoms with Gasteiger partial charge in [-0.05, 0) is 37.9 Å². The fourth-order valence-corrected chi connectivity index (χ4v) is 3.52. The SMILES string of the molecule is Clc1c2ccoc2c(CC2CCCCN2)c2ccoc12. The summed E-state index contributed by atoms with van der Waals surface area (Å²) in [6.07, 6.45) is 8.14. The van der Waals surface area contributed by atoms with Crippen LogP contribution in [0.3, 0.4) is 0 Å². The molecule has 1 atom stereocenters. The van der Waals surface area contributed by atoms with E-state index in [4.69, 9.17) is 20.4 Å². The van der Waals surface area contributed by atoms with Gasteiger partial charge in [-0.1, -0.05) is 18.0 Å². The Morgan fingerprint density at radius 1 is 1.10 bits per heavy atom. The van der Waals surface area contributed by atoms with Gasteiger partial charge >= 0.3 is 0 Å². The van der Waals surface area contributed by atoms with Crippen LogP contribution in [0.4, 0.5) is 0 Å². The minimum atomic E-state index is 0.510. The quantitative estimate of drug-likeness (QED) is 0.754. The van der Waals surface area contributed by atoms with E-state index in [1.54, 1.807) is 12.5 Å². The number of halogens is 1. The van der Waals surface area contributed by atoms with E-state index in [1.807, 2.05) is 12.1 Å². The maximum absolute atomic E-state index is 6.40. The lowest BCUT2D eigenvalue weighted by Crippen LogP contribution is -2.35. The molecule has 104 valence electrons. The molecule has 4 heteroatoms. The molecule has 0 amide bonds. The van der Waals surface area contributed by atoms with Crippen LogP contribution in [-0.4, -0.2) is 12.6 Å². The second kappa shape index (κ2) is 4.83. The summed E-state index contributed by atoms with van der Waals surface area (Å²) in [5.74, 6) is 0. The molecule has 1 aliphatic rings. The van der Waals surface area contributed by atoms with E-state index in [9.17, 15) is 0 Å². The largest absolute Gasteiger partial charge is 0.464 e. The molecule has 20 heavy (non-hydrogen) atoms. The van der Waals surface area contributed by atoms with Gasteiger partial charge in [-0.25, -0.2) is 0 Å². The predicted octanol–water partition coefficient (Wildman–Crippen LogP) is 4.52. The van der Waals surface area contributed by atoms with Crippen LogP contribution in [0, 0.1) is 0 Å². The van der Waals surface area contributed by atoms with Crippen LogP contribution >= 0.6 is 11.6 Å². The van der Waals surface area contributed by atoms with Crippen molar-refractivity contribution in [3.05, 3.63) is 35.2 Å². The summed E-state index contributed by atoms with van der Waals surface area (Å²) in [5.41, 5.74) is 2.88. The number of furan rings is 2. The molecular weight excluding hydrogens is 274 g/mol. The molecule has 1 unspecified atom stereocenters. The summed E-state index contributed by atoms with van der Waals surface area (Å²) in [5, 5.41) is 6.26. The second-order valence-electron chi connectivity index (χ2n) is 5.47. The highest BCUT2D eigenvalue weighted by molar-refractivity contribution is 6.40. The van der Waals surface area contributed by atoms with Gasteiger partial charge in [0, 0.05) is 22.4 Å². The Bertz CT molecular complexity index is 701. The number of piperidine rings is 1. The summed E-state index contributed by atoms with van der Waals surface area (Å²) in [4.78, 5) is 0. The van der Waals surface area contributed by atoms with Gasteiger partial charge in [0.25, 0.3) is 0 Å². The Morgan fingerprint density at radius 2 is 1.90 bits per heavy atom. The highest BCUT2D eigenvalue weighted by atomic mass is 35.5. The summed E-state index contributed by atoms with van der Waals surface area (Å²) >= 11 is 6.40. The van der Waals surface area contributed by atoms with Gasteiger partial charge in [-0.2, -0.15) is 0 Å². The number of hydrogen-bond donors (Lipinski definition) is 1. The van der Waals surface area contributed by atoms with E-state index in [2.05, 4.69) is 5.32 Å². The molecule has 1 aliphatic heterocycles. The first-order chi connectivity index (χ1) is 9.84. The van der Waals surface area contributed by atoms with Crippen molar-refractivity contribution < 1.29 is 8.83 Å². The minimum Gasteiger partial charge on any atom is -0.464 e. The molecule has 2 aromatic heterocycles. The fraction of sp³-hybridized carbons (Fsp3) is 0.375. The van der Waals surface area contributed by atoms with Crippen LogP contribution in [0.15, 0.2) is 33.5 Å². The number of benzene rings is 1. The van der Waals surface area contributed by atoms with Crippen LogP contribution in [0.5, 0.6) is 0 Å². The topological polar surface area (TPSA) is 38.3 Å². The highest BCUT2D eigenvalue weighted by Crippen LogP contribution is 2.38. The molecule has 0 aliphatic carbocycles. The van der Waals surface area contributed by atoms with Crippen molar-refractivity contribution in [3.63, 3.8) is 0 Å². The van der Waals surface area contributed by atoms with E-state index in [0.29, 0.717) is 11.1 Å². The molecule has 0 spiro atoms. The van der Waals surface area contributed by atoms with Gasteiger partial charge in [0.15, 0.2) is 5.58 Å². The molecule has 1 N–H and O–H groups in total. The summed E-state index contributed by atoms with van der Waals surface area (Å²) in [6.45, 7) is 1.11. The van der Waals surface area contributed by atoms with E-state index in [1.165, 1.54) is 24.8 Å². The normalized spacial score (nSPS) is 19.9. The average molecular weight is 290 g/mol. The Labute approximate surface area is 121 Å². The lowest BCUT2D eigenvalue weighted by Gasteiger charge is -2.23. The lowest BCUT2D eigenvalue weighted by molar-refractivity contribution is 0.399. The standard InChI is InChI=1S/C16H16ClNO2/c17-14-12-5-8-19-15(12)13(11-4-7-20-16(11)14)9-10-3-1-2-6-18-10/h4-5,7-8,10,18H,1-3,6,9H2. The van der Waals surface area contributed by atoms with Crippen LogP contribution in [-0.2, 0) is 6.42 Å². The third-order valence-corrected chi connectivity index (χ3v) is 4.60. The lowest BCUT2D eigenvalue weighted by atomic mass is 9.95. The van der Waals surface area contributed by atoms with E-state index in [0.717, 1.165) is 34.9 Å². The van der Waals surface area contributed by atoms with Gasteiger partial charge in [0.05, 0.1) is 17.5 Å². The molecule has 3 nitrogen and oxygen atoms in total. The Hall–Kier alpha value is -1.45. The summed E-state index contributed by atoms with van der Waals surface area (Å²) < 4.78 is 11.3. The van der Waals surface area contributed by atoms with Crippen molar-refractivity contribution >= 4 is 33.5 Å². The summed E-state index contributed by atoms with van der Waals surface area (Å²) in [6, 6.07) is 4.41. The molecule has 0 bridgehead atoms. The summed E-state index contributed by atoms with van der Waals surface area (Å²) in [7, 11) is 0. The van der Waals surface area contributed by atoms with Crippen molar-refractivity contribution in [2.75, 3.05) is 6.54 Å². The minimum absolute atomic E-state index is 0.510. The highest BCUT2D eigenvalue weighted by Gasteiger charge is 2.21. The Morgan fingerprint density at radius 3 is 2.70 bits per heavy atom. The zero-order valence-corrected chi connectivity index (χ0v) is 11.9. The molecule has 1 fully saturated rings. The first kappa shape index (κ1) is 12.3. The van der Waals surface area contributed by atoms with Gasteiger partial charge in [-0.3, -0.25) is 0 Å². The zero-order chi connectivity index (χ0) is 13.5. The van der Waals surface area contributed by atoms with E-state index in [-0.39, 0.29) is 0 Å². The Balaban J connectivity index is 1.88.